The van der Waals surface area contributed by atoms with Gasteiger partial charge in [-0.1, -0.05) is 13.5 Å². The van der Waals surface area contributed by atoms with Crippen LogP contribution in [0.4, 0.5) is 4.39 Å². The van der Waals surface area contributed by atoms with E-state index in [1.54, 1.807) is 18.0 Å². The summed E-state index contributed by atoms with van der Waals surface area (Å²) in [6, 6.07) is 0. The van der Waals surface area contributed by atoms with Crippen LogP contribution < -0.4 is 0 Å². The first kappa shape index (κ1) is 12.2. The summed E-state index contributed by atoms with van der Waals surface area (Å²) in [5.74, 6) is -0.195. The predicted molar refractivity (Wildman–Crippen MR) is 59.1 cm³/mol. The zero-order chi connectivity index (χ0) is 11.4. The van der Waals surface area contributed by atoms with E-state index in [1.807, 2.05) is 6.92 Å². The molecule has 3 atom stereocenters. The van der Waals surface area contributed by atoms with Crippen molar-refractivity contribution in [2.24, 2.45) is 5.92 Å². The first-order chi connectivity index (χ1) is 7.10. The summed E-state index contributed by atoms with van der Waals surface area (Å²) in [5, 5.41) is 9.44. The van der Waals surface area contributed by atoms with E-state index in [1.165, 1.54) is 6.08 Å². The van der Waals surface area contributed by atoms with Crippen LogP contribution in [0.25, 0.3) is 0 Å². The van der Waals surface area contributed by atoms with E-state index in [0.29, 0.717) is 13.0 Å². The summed E-state index contributed by atoms with van der Waals surface area (Å²) >= 11 is 0. The monoisotopic (exact) mass is 211 g/mol. The van der Waals surface area contributed by atoms with E-state index in [9.17, 15) is 9.50 Å². The van der Waals surface area contributed by atoms with Crippen molar-refractivity contribution in [2.45, 2.75) is 25.7 Å². The molecule has 0 aromatic heterocycles. The number of nitrogens with zero attached hydrogens (tertiary/aromatic N) is 1. The lowest BCUT2D eigenvalue weighted by atomic mass is 10.0. The lowest BCUT2D eigenvalue weighted by Gasteiger charge is -2.24. The van der Waals surface area contributed by atoms with E-state index in [0.717, 1.165) is 5.57 Å². The van der Waals surface area contributed by atoms with Crippen LogP contribution in [0.1, 0.15) is 13.3 Å². The average Bonchev–Trinajstić information content (AvgIpc) is 2.58. The molecule has 0 aromatic rings. The molecule has 2 nitrogen and oxygen atoms in total. The van der Waals surface area contributed by atoms with Gasteiger partial charge in [-0.25, -0.2) is 4.39 Å². The highest BCUT2D eigenvalue weighted by molar-refractivity contribution is 5.19. The molecule has 3 unspecified atom stereocenters. The maximum atomic E-state index is 13.7. The Labute approximate surface area is 90.4 Å². The van der Waals surface area contributed by atoms with Gasteiger partial charge in [0.15, 0.2) is 0 Å². The molecule has 0 fully saturated rings. The van der Waals surface area contributed by atoms with Crippen LogP contribution in [-0.2, 0) is 0 Å². The van der Waals surface area contributed by atoms with Crippen LogP contribution >= 0.6 is 0 Å². The molecule has 0 aliphatic heterocycles. The van der Waals surface area contributed by atoms with E-state index in [4.69, 9.17) is 0 Å². The van der Waals surface area contributed by atoms with E-state index >= 15 is 0 Å². The molecule has 0 radical (unpaired) electrons. The van der Waals surface area contributed by atoms with Crippen molar-refractivity contribution < 1.29 is 9.50 Å². The highest BCUT2D eigenvalue weighted by atomic mass is 19.1. The van der Waals surface area contributed by atoms with Gasteiger partial charge in [-0.3, -0.25) is 4.90 Å². The molecule has 1 aliphatic rings. The number of aliphatic hydroxyl groups excluding tert-OH is 1. The third-order valence-corrected chi connectivity index (χ3v) is 2.73. The Morgan fingerprint density at radius 1 is 1.80 bits per heavy atom. The maximum Gasteiger partial charge on any atom is 0.137 e. The summed E-state index contributed by atoms with van der Waals surface area (Å²) in [6.07, 6.45) is 2.23. The van der Waals surface area contributed by atoms with Crippen LogP contribution in [0.15, 0.2) is 30.0 Å². The molecule has 0 saturated carbocycles. The minimum atomic E-state index is -0.950. The molecule has 0 saturated heterocycles. The van der Waals surface area contributed by atoms with Crippen molar-refractivity contribution in [2.75, 3.05) is 13.6 Å². The number of rotatable bonds is 5. The third-order valence-electron chi connectivity index (χ3n) is 2.73. The molecule has 1 N–H and O–H groups in total. The van der Waals surface area contributed by atoms with Gasteiger partial charge in [0.1, 0.15) is 12.4 Å². The second kappa shape index (κ2) is 5.26. The number of hydrogen-bond acceptors (Lipinski definition) is 2. The fourth-order valence-electron chi connectivity index (χ4n) is 1.70. The molecule has 1 aliphatic carbocycles. The van der Waals surface area contributed by atoms with Crippen LogP contribution in [0, 0.1) is 5.92 Å². The Balaban J connectivity index is 2.50. The SMILES string of the molecule is C=CC(O)N(C)CC1C=C=C(CC)C1F. The molecule has 0 aromatic carbocycles. The molecule has 0 heterocycles. The van der Waals surface area contributed by atoms with Gasteiger partial charge in [-0.2, -0.15) is 0 Å². The molecular formula is C12H18FNO. The summed E-state index contributed by atoms with van der Waals surface area (Å²) < 4.78 is 13.7. The lowest BCUT2D eigenvalue weighted by Crippen LogP contribution is -2.35. The lowest BCUT2D eigenvalue weighted by molar-refractivity contribution is 0.0494. The smallest absolute Gasteiger partial charge is 0.137 e. The van der Waals surface area contributed by atoms with Crippen LogP contribution in [0.3, 0.4) is 0 Å². The van der Waals surface area contributed by atoms with Gasteiger partial charge < -0.3 is 5.11 Å². The highest BCUT2D eigenvalue weighted by Gasteiger charge is 2.27. The van der Waals surface area contributed by atoms with Crippen molar-refractivity contribution in [3.63, 3.8) is 0 Å². The molecule has 0 amide bonds. The average molecular weight is 211 g/mol. The van der Waals surface area contributed by atoms with Crippen LogP contribution in [0.2, 0.25) is 0 Å². The number of hydrogen-bond donors (Lipinski definition) is 1. The van der Waals surface area contributed by atoms with E-state index in [2.05, 4.69) is 12.3 Å². The molecule has 15 heavy (non-hydrogen) atoms. The first-order valence-electron chi connectivity index (χ1n) is 5.20. The van der Waals surface area contributed by atoms with Gasteiger partial charge in [0.25, 0.3) is 0 Å². The Kier molecular flexibility index (Phi) is 4.28. The molecule has 3 heteroatoms. The summed E-state index contributed by atoms with van der Waals surface area (Å²) in [5.41, 5.74) is 3.67. The van der Waals surface area contributed by atoms with Crippen LogP contribution in [0.5, 0.6) is 0 Å². The van der Waals surface area contributed by atoms with E-state index < -0.39 is 12.4 Å². The normalized spacial score (nSPS) is 26.9. The Bertz CT molecular complexity index is 294. The van der Waals surface area contributed by atoms with Crippen molar-refractivity contribution in [3.05, 3.63) is 30.0 Å². The van der Waals surface area contributed by atoms with Crippen molar-refractivity contribution in [3.8, 4) is 0 Å². The first-order valence-corrected chi connectivity index (χ1v) is 5.20. The largest absolute Gasteiger partial charge is 0.375 e. The van der Waals surface area contributed by atoms with Gasteiger partial charge in [0, 0.05) is 18.0 Å². The van der Waals surface area contributed by atoms with Crippen molar-refractivity contribution in [1.29, 1.82) is 0 Å². The number of alkyl halides is 1. The molecule has 84 valence electrons. The zero-order valence-corrected chi connectivity index (χ0v) is 9.28. The molecule has 0 bridgehead atoms. The predicted octanol–water partition coefficient (Wildman–Crippen LogP) is 1.88. The number of halogens is 1. The zero-order valence-electron chi connectivity index (χ0n) is 9.28. The maximum absolute atomic E-state index is 13.7. The summed E-state index contributed by atoms with van der Waals surface area (Å²) in [4.78, 5) is 1.67. The van der Waals surface area contributed by atoms with Crippen molar-refractivity contribution >= 4 is 0 Å². The van der Waals surface area contributed by atoms with E-state index in [-0.39, 0.29) is 5.92 Å². The Morgan fingerprint density at radius 3 is 2.93 bits per heavy atom. The highest BCUT2D eigenvalue weighted by Crippen LogP contribution is 2.26. The molecule has 0 spiro atoms. The topological polar surface area (TPSA) is 23.5 Å². The minimum Gasteiger partial charge on any atom is -0.375 e. The van der Waals surface area contributed by atoms with Gasteiger partial charge >= 0.3 is 0 Å². The second-order valence-corrected chi connectivity index (χ2v) is 3.84. The van der Waals surface area contributed by atoms with Gasteiger partial charge in [-0.05, 0) is 25.6 Å². The third kappa shape index (κ3) is 2.78. The van der Waals surface area contributed by atoms with Crippen molar-refractivity contribution in [1.82, 2.24) is 4.90 Å². The standard InChI is InChI=1S/C12H18FNO/c1-4-9-6-7-10(12(9)13)8-14(3)11(15)5-2/h5,7,10-12,15H,2,4,8H2,1,3H3. The van der Waals surface area contributed by atoms with Gasteiger partial charge in [-0.15, -0.1) is 5.73 Å². The number of aliphatic hydroxyl groups is 1. The Hall–Kier alpha value is -0.890. The summed E-state index contributed by atoms with van der Waals surface area (Å²) in [6.45, 7) is 5.89. The molecule has 1 rings (SSSR count). The van der Waals surface area contributed by atoms with Gasteiger partial charge in [0.2, 0.25) is 0 Å². The summed E-state index contributed by atoms with van der Waals surface area (Å²) in [7, 11) is 1.75. The fraction of sp³-hybridized carbons (Fsp3) is 0.583. The second-order valence-electron chi connectivity index (χ2n) is 3.84. The van der Waals surface area contributed by atoms with Gasteiger partial charge in [0.05, 0.1) is 0 Å². The quantitative estimate of drug-likeness (QED) is 0.426. The Morgan fingerprint density at radius 2 is 2.47 bits per heavy atom. The van der Waals surface area contributed by atoms with Crippen LogP contribution in [-0.4, -0.2) is 36.0 Å². The number of likely N-dealkylation sites (N-methyl/N-ethyl adjacent to an activating group) is 1. The minimum absolute atomic E-state index is 0.195. The molecular weight excluding hydrogens is 193 g/mol. The fourth-order valence-corrected chi connectivity index (χ4v) is 1.70.